The predicted octanol–water partition coefficient (Wildman–Crippen LogP) is 3.10. The topological polar surface area (TPSA) is 88.1 Å². The molecule has 0 aliphatic heterocycles. The number of ether oxygens (including phenoxy) is 1. The van der Waals surface area contributed by atoms with Crippen molar-refractivity contribution in [2.75, 3.05) is 17.5 Å². The van der Waals surface area contributed by atoms with Gasteiger partial charge in [-0.15, -0.1) is 0 Å². The molecule has 0 aliphatic carbocycles. The van der Waals surface area contributed by atoms with Crippen LogP contribution in [0.1, 0.15) is 26.3 Å². The SMILES string of the molecule is CCOc1ccccc1N(CC(=O)NN=C(C)C)S(=O)(=O)c1ccc(C)cc1. The van der Waals surface area contributed by atoms with E-state index in [4.69, 9.17) is 4.74 Å². The van der Waals surface area contributed by atoms with Crippen LogP contribution in [-0.4, -0.2) is 33.2 Å². The van der Waals surface area contributed by atoms with Gasteiger partial charge in [0.1, 0.15) is 12.3 Å². The minimum atomic E-state index is -4.00. The quantitative estimate of drug-likeness (QED) is 0.542. The van der Waals surface area contributed by atoms with Gasteiger partial charge in [-0.2, -0.15) is 5.10 Å². The lowest BCUT2D eigenvalue weighted by Gasteiger charge is -2.25. The monoisotopic (exact) mass is 403 g/mol. The van der Waals surface area contributed by atoms with E-state index in [-0.39, 0.29) is 10.6 Å². The first-order valence-corrected chi connectivity index (χ1v) is 10.3. The van der Waals surface area contributed by atoms with E-state index in [1.807, 2.05) is 6.92 Å². The summed E-state index contributed by atoms with van der Waals surface area (Å²) in [4.78, 5) is 12.5. The minimum absolute atomic E-state index is 0.0902. The van der Waals surface area contributed by atoms with E-state index in [1.54, 1.807) is 57.2 Å². The third-order valence-electron chi connectivity index (χ3n) is 3.73. The molecule has 2 rings (SSSR count). The summed E-state index contributed by atoms with van der Waals surface area (Å²) in [5, 5.41) is 3.86. The summed E-state index contributed by atoms with van der Waals surface area (Å²) in [6.45, 7) is 7.06. The molecule has 8 heteroatoms. The highest BCUT2D eigenvalue weighted by Gasteiger charge is 2.29. The number of nitrogens with zero attached hydrogens (tertiary/aromatic N) is 2. The maximum atomic E-state index is 13.3. The van der Waals surface area contributed by atoms with Gasteiger partial charge in [-0.25, -0.2) is 13.8 Å². The van der Waals surface area contributed by atoms with Crippen LogP contribution in [0.5, 0.6) is 5.75 Å². The molecule has 0 saturated carbocycles. The van der Waals surface area contributed by atoms with Crippen LogP contribution in [0.15, 0.2) is 58.5 Å². The van der Waals surface area contributed by atoms with Crippen molar-refractivity contribution in [3.63, 3.8) is 0 Å². The summed E-state index contributed by atoms with van der Waals surface area (Å²) >= 11 is 0. The molecule has 1 amide bonds. The molecule has 0 aliphatic rings. The fourth-order valence-electron chi connectivity index (χ4n) is 2.42. The van der Waals surface area contributed by atoms with Crippen LogP contribution >= 0.6 is 0 Å². The number of benzene rings is 2. The fraction of sp³-hybridized carbons (Fsp3) is 0.300. The Hall–Kier alpha value is -2.87. The lowest BCUT2D eigenvalue weighted by atomic mass is 10.2. The molecule has 150 valence electrons. The lowest BCUT2D eigenvalue weighted by molar-refractivity contribution is -0.119. The van der Waals surface area contributed by atoms with Crippen molar-refractivity contribution >= 4 is 27.3 Å². The van der Waals surface area contributed by atoms with Crippen molar-refractivity contribution in [2.24, 2.45) is 5.10 Å². The number of para-hydroxylation sites is 2. The second-order valence-corrected chi connectivity index (χ2v) is 8.18. The van der Waals surface area contributed by atoms with Gasteiger partial charge >= 0.3 is 0 Å². The number of aryl methyl sites for hydroxylation is 1. The molecular formula is C20H25N3O4S. The van der Waals surface area contributed by atoms with E-state index in [0.29, 0.717) is 18.1 Å². The Labute approximate surface area is 166 Å². The Balaban J connectivity index is 2.51. The van der Waals surface area contributed by atoms with Gasteiger partial charge in [0, 0.05) is 5.71 Å². The highest BCUT2D eigenvalue weighted by atomic mass is 32.2. The van der Waals surface area contributed by atoms with E-state index in [1.165, 1.54) is 12.1 Å². The molecule has 0 radical (unpaired) electrons. The summed E-state index contributed by atoms with van der Waals surface area (Å²) in [5.74, 6) is -0.174. The molecule has 0 fully saturated rings. The van der Waals surface area contributed by atoms with Crippen molar-refractivity contribution in [1.29, 1.82) is 0 Å². The average Bonchev–Trinajstić information content (AvgIpc) is 2.65. The number of amides is 1. The van der Waals surface area contributed by atoms with Crippen molar-refractivity contribution in [3.8, 4) is 5.75 Å². The van der Waals surface area contributed by atoms with Crippen LogP contribution < -0.4 is 14.5 Å². The second kappa shape index (κ2) is 9.36. The van der Waals surface area contributed by atoms with Crippen LogP contribution in [0.2, 0.25) is 0 Å². The first-order chi connectivity index (χ1) is 13.3. The summed E-state index contributed by atoms with van der Waals surface area (Å²) in [6, 6.07) is 13.2. The van der Waals surface area contributed by atoms with Gasteiger partial charge < -0.3 is 4.74 Å². The maximum absolute atomic E-state index is 13.3. The Morgan fingerprint density at radius 3 is 2.36 bits per heavy atom. The molecule has 0 heterocycles. The Bertz CT molecular complexity index is 950. The smallest absolute Gasteiger partial charge is 0.264 e. The molecule has 0 aromatic heterocycles. The van der Waals surface area contributed by atoms with Crippen molar-refractivity contribution in [1.82, 2.24) is 5.43 Å². The van der Waals surface area contributed by atoms with Crippen LogP contribution in [0.25, 0.3) is 0 Å². The highest BCUT2D eigenvalue weighted by Crippen LogP contribution is 2.32. The highest BCUT2D eigenvalue weighted by molar-refractivity contribution is 7.92. The van der Waals surface area contributed by atoms with Crippen molar-refractivity contribution in [2.45, 2.75) is 32.6 Å². The van der Waals surface area contributed by atoms with E-state index >= 15 is 0 Å². The third-order valence-corrected chi connectivity index (χ3v) is 5.51. The normalized spacial score (nSPS) is 10.9. The Morgan fingerprint density at radius 1 is 1.11 bits per heavy atom. The van der Waals surface area contributed by atoms with Crippen LogP contribution in [0.3, 0.4) is 0 Å². The van der Waals surface area contributed by atoms with Gasteiger partial charge in [-0.1, -0.05) is 29.8 Å². The summed E-state index contributed by atoms with van der Waals surface area (Å²) in [6.07, 6.45) is 0. The van der Waals surface area contributed by atoms with Gasteiger partial charge in [0.15, 0.2) is 0 Å². The van der Waals surface area contributed by atoms with Gasteiger partial charge in [0.25, 0.3) is 15.9 Å². The standard InChI is InChI=1S/C20H25N3O4S/c1-5-27-19-9-7-6-8-18(19)23(14-20(24)22-21-15(2)3)28(25,26)17-12-10-16(4)11-13-17/h6-13H,5,14H2,1-4H3,(H,22,24). The third kappa shape index (κ3) is 5.32. The van der Waals surface area contributed by atoms with Crippen LogP contribution in [0.4, 0.5) is 5.69 Å². The Morgan fingerprint density at radius 2 is 1.75 bits per heavy atom. The van der Waals surface area contributed by atoms with E-state index in [0.717, 1.165) is 9.87 Å². The predicted molar refractivity (Wildman–Crippen MR) is 110 cm³/mol. The van der Waals surface area contributed by atoms with Crippen LogP contribution in [0, 0.1) is 6.92 Å². The molecule has 2 aromatic rings. The summed E-state index contributed by atoms with van der Waals surface area (Å²) in [5.41, 5.74) is 4.24. The number of hydrogen-bond acceptors (Lipinski definition) is 5. The molecule has 7 nitrogen and oxygen atoms in total. The van der Waals surface area contributed by atoms with Gasteiger partial charge in [-0.05, 0) is 52.0 Å². The summed E-state index contributed by atoms with van der Waals surface area (Å²) in [7, 11) is -4.00. The number of sulfonamides is 1. The van der Waals surface area contributed by atoms with E-state index in [9.17, 15) is 13.2 Å². The molecule has 2 aromatic carbocycles. The van der Waals surface area contributed by atoms with E-state index < -0.39 is 22.5 Å². The molecule has 1 N–H and O–H groups in total. The molecule has 0 bridgehead atoms. The molecule has 28 heavy (non-hydrogen) atoms. The zero-order chi connectivity index (χ0) is 20.7. The number of anilines is 1. The number of hydrazone groups is 1. The number of carbonyl (C=O) groups excluding carboxylic acids is 1. The zero-order valence-electron chi connectivity index (χ0n) is 16.5. The Kier molecular flexibility index (Phi) is 7.17. The minimum Gasteiger partial charge on any atom is -0.492 e. The summed E-state index contributed by atoms with van der Waals surface area (Å²) < 4.78 is 33.3. The lowest BCUT2D eigenvalue weighted by Crippen LogP contribution is -2.40. The van der Waals surface area contributed by atoms with Gasteiger partial charge in [0.05, 0.1) is 17.2 Å². The van der Waals surface area contributed by atoms with Crippen LogP contribution in [-0.2, 0) is 14.8 Å². The number of carbonyl (C=O) groups is 1. The fourth-order valence-corrected chi connectivity index (χ4v) is 3.85. The molecule has 0 saturated heterocycles. The number of rotatable bonds is 8. The molecular weight excluding hydrogens is 378 g/mol. The number of hydrogen-bond donors (Lipinski definition) is 1. The second-order valence-electron chi connectivity index (χ2n) is 6.32. The van der Waals surface area contributed by atoms with Gasteiger partial charge in [0.2, 0.25) is 0 Å². The first kappa shape index (κ1) is 21.4. The zero-order valence-corrected chi connectivity index (χ0v) is 17.3. The largest absolute Gasteiger partial charge is 0.492 e. The van der Waals surface area contributed by atoms with Crippen molar-refractivity contribution in [3.05, 3.63) is 54.1 Å². The number of nitrogens with one attached hydrogen (secondary N) is 1. The maximum Gasteiger partial charge on any atom is 0.264 e. The molecule has 0 atom stereocenters. The van der Waals surface area contributed by atoms with Crippen molar-refractivity contribution < 1.29 is 17.9 Å². The van der Waals surface area contributed by atoms with Gasteiger partial charge in [-0.3, -0.25) is 9.10 Å². The first-order valence-electron chi connectivity index (χ1n) is 8.86. The molecule has 0 spiro atoms. The van der Waals surface area contributed by atoms with E-state index in [2.05, 4.69) is 10.5 Å². The average molecular weight is 404 g/mol. The molecule has 0 unspecified atom stereocenters.